The van der Waals surface area contributed by atoms with Crippen molar-refractivity contribution in [1.29, 1.82) is 0 Å². The summed E-state index contributed by atoms with van der Waals surface area (Å²) in [6.45, 7) is 3.80. The second-order valence-electron chi connectivity index (χ2n) is 7.49. The standard InChI is InChI=1S/C20H30N2O5/c1-26-18-5-3-4-17(19(18)27-2)20(25)22-11-14(15(12-22)13-23)10-21-8-6-16(24)7-9-21/h3-5,14-16,23-24H,6-13H2,1-2H3/t14-,15-/m0/s1. The fourth-order valence-corrected chi connectivity index (χ4v) is 4.18. The number of carbonyl (C=O) groups is 1. The van der Waals surface area contributed by atoms with E-state index in [1.165, 1.54) is 7.11 Å². The smallest absolute Gasteiger partial charge is 0.257 e. The molecule has 2 atom stereocenters. The Morgan fingerprint density at radius 1 is 1.15 bits per heavy atom. The van der Waals surface area contributed by atoms with Crippen LogP contribution in [0.15, 0.2) is 18.2 Å². The number of hydrogen-bond donors (Lipinski definition) is 2. The van der Waals surface area contributed by atoms with Crippen molar-refractivity contribution in [1.82, 2.24) is 9.80 Å². The molecule has 2 N–H and O–H groups in total. The van der Waals surface area contributed by atoms with Gasteiger partial charge in [-0.3, -0.25) is 4.79 Å². The predicted octanol–water partition coefficient (Wildman–Crippen LogP) is 0.841. The zero-order chi connectivity index (χ0) is 19.4. The molecule has 7 nitrogen and oxygen atoms in total. The number of para-hydroxylation sites is 1. The van der Waals surface area contributed by atoms with Gasteiger partial charge in [0.05, 0.1) is 25.9 Å². The van der Waals surface area contributed by atoms with Crippen molar-refractivity contribution in [2.75, 3.05) is 53.6 Å². The van der Waals surface area contributed by atoms with Crippen LogP contribution in [0.2, 0.25) is 0 Å². The van der Waals surface area contributed by atoms with Gasteiger partial charge in [0.25, 0.3) is 5.91 Å². The molecule has 2 saturated heterocycles. The molecule has 1 aromatic carbocycles. The van der Waals surface area contributed by atoms with Gasteiger partial charge in [0.1, 0.15) is 0 Å². The maximum atomic E-state index is 13.1. The van der Waals surface area contributed by atoms with E-state index >= 15 is 0 Å². The van der Waals surface area contributed by atoms with Gasteiger partial charge in [0.15, 0.2) is 11.5 Å². The molecule has 2 aliphatic rings. The van der Waals surface area contributed by atoms with E-state index in [4.69, 9.17) is 9.47 Å². The van der Waals surface area contributed by atoms with Crippen LogP contribution in [0, 0.1) is 11.8 Å². The third-order valence-corrected chi connectivity index (χ3v) is 5.78. The third kappa shape index (κ3) is 4.36. The molecule has 2 fully saturated rings. The Morgan fingerprint density at radius 3 is 2.48 bits per heavy atom. The number of nitrogens with zero attached hydrogens (tertiary/aromatic N) is 2. The average molecular weight is 378 g/mol. The van der Waals surface area contributed by atoms with Crippen molar-refractivity contribution in [3.63, 3.8) is 0 Å². The van der Waals surface area contributed by atoms with Crippen molar-refractivity contribution < 1.29 is 24.5 Å². The van der Waals surface area contributed by atoms with E-state index in [0.717, 1.165) is 32.5 Å². The number of aliphatic hydroxyl groups is 2. The normalized spacial score (nSPS) is 24.2. The van der Waals surface area contributed by atoms with Crippen LogP contribution in [0.1, 0.15) is 23.2 Å². The molecule has 1 amide bonds. The second-order valence-corrected chi connectivity index (χ2v) is 7.49. The molecule has 1 aromatic rings. The van der Waals surface area contributed by atoms with E-state index < -0.39 is 0 Å². The number of carbonyl (C=O) groups excluding carboxylic acids is 1. The number of rotatable bonds is 6. The molecule has 2 heterocycles. The maximum absolute atomic E-state index is 13.1. The Morgan fingerprint density at radius 2 is 1.85 bits per heavy atom. The van der Waals surface area contributed by atoms with E-state index in [1.807, 2.05) is 4.90 Å². The molecule has 0 saturated carbocycles. The largest absolute Gasteiger partial charge is 0.493 e. The second kappa shape index (κ2) is 8.91. The molecule has 7 heteroatoms. The van der Waals surface area contributed by atoms with Crippen molar-refractivity contribution in [2.24, 2.45) is 11.8 Å². The van der Waals surface area contributed by atoms with Crippen LogP contribution in [0.25, 0.3) is 0 Å². The molecule has 3 rings (SSSR count). The molecule has 0 spiro atoms. The molecular weight excluding hydrogens is 348 g/mol. The Labute approximate surface area is 160 Å². The van der Waals surface area contributed by atoms with Gasteiger partial charge in [0.2, 0.25) is 0 Å². The summed E-state index contributed by atoms with van der Waals surface area (Å²) in [5.41, 5.74) is 0.482. The highest BCUT2D eigenvalue weighted by Crippen LogP contribution is 2.33. The van der Waals surface area contributed by atoms with E-state index in [0.29, 0.717) is 30.2 Å². The van der Waals surface area contributed by atoms with Crippen LogP contribution in [0.3, 0.4) is 0 Å². The zero-order valence-electron chi connectivity index (χ0n) is 16.1. The number of hydrogen-bond acceptors (Lipinski definition) is 6. The maximum Gasteiger partial charge on any atom is 0.257 e. The monoisotopic (exact) mass is 378 g/mol. The minimum absolute atomic E-state index is 0.0670. The minimum Gasteiger partial charge on any atom is -0.493 e. The van der Waals surface area contributed by atoms with Gasteiger partial charge < -0.3 is 29.5 Å². The number of methoxy groups -OCH3 is 2. The van der Waals surface area contributed by atoms with Gasteiger partial charge in [0, 0.05) is 45.2 Å². The van der Waals surface area contributed by atoms with Gasteiger partial charge in [-0.15, -0.1) is 0 Å². The Hall–Kier alpha value is -1.83. The van der Waals surface area contributed by atoms with Gasteiger partial charge in [-0.1, -0.05) is 6.07 Å². The van der Waals surface area contributed by atoms with Crippen LogP contribution in [0.5, 0.6) is 11.5 Å². The lowest BCUT2D eigenvalue weighted by Gasteiger charge is -2.32. The van der Waals surface area contributed by atoms with Crippen LogP contribution >= 0.6 is 0 Å². The topological polar surface area (TPSA) is 82.5 Å². The summed E-state index contributed by atoms with van der Waals surface area (Å²) in [6.07, 6.45) is 1.39. The molecular formula is C20H30N2O5. The number of likely N-dealkylation sites (tertiary alicyclic amines) is 2. The van der Waals surface area contributed by atoms with Crippen molar-refractivity contribution in [2.45, 2.75) is 18.9 Å². The average Bonchev–Trinajstić information content (AvgIpc) is 3.11. The number of piperidine rings is 1. The highest BCUT2D eigenvalue weighted by molar-refractivity contribution is 5.98. The number of benzene rings is 1. The summed E-state index contributed by atoms with van der Waals surface area (Å²) in [7, 11) is 3.08. The molecule has 0 unspecified atom stereocenters. The zero-order valence-corrected chi connectivity index (χ0v) is 16.1. The fourth-order valence-electron chi connectivity index (χ4n) is 4.18. The minimum atomic E-state index is -0.197. The molecule has 0 bridgehead atoms. The first-order valence-electron chi connectivity index (χ1n) is 9.58. The van der Waals surface area contributed by atoms with Gasteiger partial charge in [-0.2, -0.15) is 0 Å². The van der Waals surface area contributed by atoms with Crippen molar-refractivity contribution in [3.05, 3.63) is 23.8 Å². The number of ether oxygens (including phenoxy) is 2. The molecule has 150 valence electrons. The Balaban J connectivity index is 1.70. The highest BCUT2D eigenvalue weighted by atomic mass is 16.5. The van der Waals surface area contributed by atoms with Crippen LogP contribution in [0.4, 0.5) is 0 Å². The summed E-state index contributed by atoms with van der Waals surface area (Å²) in [5.74, 6) is 1.17. The van der Waals surface area contributed by atoms with Gasteiger partial charge in [-0.05, 0) is 30.9 Å². The summed E-state index contributed by atoms with van der Waals surface area (Å²) < 4.78 is 10.7. The van der Waals surface area contributed by atoms with Crippen molar-refractivity contribution in [3.8, 4) is 11.5 Å². The van der Waals surface area contributed by atoms with E-state index in [2.05, 4.69) is 4.90 Å². The van der Waals surface area contributed by atoms with Crippen LogP contribution < -0.4 is 9.47 Å². The van der Waals surface area contributed by atoms with Crippen LogP contribution in [-0.4, -0.2) is 85.6 Å². The summed E-state index contributed by atoms with van der Waals surface area (Å²) in [5, 5.41) is 19.5. The summed E-state index contributed by atoms with van der Waals surface area (Å²) >= 11 is 0. The van der Waals surface area contributed by atoms with E-state index in [1.54, 1.807) is 25.3 Å². The quantitative estimate of drug-likeness (QED) is 0.763. The lowest BCUT2D eigenvalue weighted by molar-refractivity contribution is 0.0678. The molecule has 0 aliphatic carbocycles. The highest BCUT2D eigenvalue weighted by Gasteiger charge is 2.37. The van der Waals surface area contributed by atoms with Gasteiger partial charge in [-0.25, -0.2) is 0 Å². The van der Waals surface area contributed by atoms with E-state index in [-0.39, 0.29) is 30.5 Å². The molecule has 0 aromatic heterocycles. The first-order valence-corrected chi connectivity index (χ1v) is 9.58. The first kappa shape index (κ1) is 19.9. The van der Waals surface area contributed by atoms with Crippen LogP contribution in [-0.2, 0) is 0 Å². The fraction of sp³-hybridized carbons (Fsp3) is 0.650. The Bertz CT molecular complexity index is 645. The predicted molar refractivity (Wildman–Crippen MR) is 101 cm³/mol. The summed E-state index contributed by atoms with van der Waals surface area (Å²) in [6, 6.07) is 5.30. The van der Waals surface area contributed by atoms with Gasteiger partial charge >= 0.3 is 0 Å². The first-order chi connectivity index (χ1) is 13.1. The van der Waals surface area contributed by atoms with Crippen molar-refractivity contribution >= 4 is 5.91 Å². The number of aliphatic hydroxyl groups excluding tert-OH is 2. The third-order valence-electron chi connectivity index (χ3n) is 5.78. The lowest BCUT2D eigenvalue weighted by atomic mass is 9.95. The Kier molecular flexibility index (Phi) is 6.57. The van der Waals surface area contributed by atoms with E-state index in [9.17, 15) is 15.0 Å². The molecule has 27 heavy (non-hydrogen) atoms. The summed E-state index contributed by atoms with van der Waals surface area (Å²) in [4.78, 5) is 17.2. The number of amides is 1. The molecule has 0 radical (unpaired) electrons. The lowest BCUT2D eigenvalue weighted by Crippen LogP contribution is -2.40. The molecule has 2 aliphatic heterocycles. The SMILES string of the molecule is COc1cccc(C(=O)N2C[C@@H](CO)[C@@H](CN3CCC(O)CC3)C2)c1OC.